The lowest BCUT2D eigenvalue weighted by atomic mass is 10.2. The van der Waals surface area contributed by atoms with Crippen LogP contribution in [0, 0.1) is 0 Å². The fourth-order valence-electron chi connectivity index (χ4n) is 1.93. The van der Waals surface area contributed by atoms with Gasteiger partial charge in [0.15, 0.2) is 0 Å². The van der Waals surface area contributed by atoms with Gasteiger partial charge in [0.2, 0.25) is 0 Å². The van der Waals surface area contributed by atoms with Crippen molar-refractivity contribution < 1.29 is 15.1 Å². The van der Waals surface area contributed by atoms with Gasteiger partial charge in [0.1, 0.15) is 0 Å². The summed E-state index contributed by atoms with van der Waals surface area (Å²) >= 11 is 6.28. The van der Waals surface area contributed by atoms with Gasteiger partial charge in [-0.05, 0) is 19.1 Å². The first-order valence-corrected chi connectivity index (χ1v) is 6.88. The van der Waals surface area contributed by atoms with Crippen LogP contribution in [0.3, 0.4) is 0 Å². The van der Waals surface area contributed by atoms with Gasteiger partial charge in [0.05, 0.1) is 42.4 Å². The van der Waals surface area contributed by atoms with Crippen LogP contribution in [0.2, 0.25) is 5.02 Å². The van der Waals surface area contributed by atoms with Gasteiger partial charge in [-0.1, -0.05) is 11.6 Å². The van der Waals surface area contributed by atoms with E-state index in [-0.39, 0.29) is 13.2 Å². The van der Waals surface area contributed by atoms with Crippen LogP contribution in [-0.4, -0.2) is 50.2 Å². The zero-order chi connectivity index (χ0) is 15.0. The van der Waals surface area contributed by atoms with Gasteiger partial charge in [-0.15, -0.1) is 0 Å². The van der Waals surface area contributed by atoms with Crippen LogP contribution >= 0.6 is 11.6 Å². The number of benzene rings is 1. The first-order valence-electron chi connectivity index (χ1n) is 6.51. The van der Waals surface area contributed by atoms with E-state index in [4.69, 9.17) is 26.7 Å². The Balaban J connectivity index is 3.14. The SMILES string of the molecule is CCNc1cc(N(CCO)CCO)c(Cl)cc1NOC. The summed E-state index contributed by atoms with van der Waals surface area (Å²) in [6.07, 6.45) is 0. The van der Waals surface area contributed by atoms with Gasteiger partial charge in [-0.2, -0.15) is 0 Å². The van der Waals surface area contributed by atoms with Crippen molar-refractivity contribution in [1.29, 1.82) is 0 Å². The number of nitrogens with one attached hydrogen (secondary N) is 2. The summed E-state index contributed by atoms with van der Waals surface area (Å²) in [6.45, 7) is 3.53. The zero-order valence-electron chi connectivity index (χ0n) is 11.8. The molecule has 20 heavy (non-hydrogen) atoms. The highest BCUT2D eigenvalue weighted by atomic mass is 35.5. The van der Waals surface area contributed by atoms with E-state index in [0.29, 0.717) is 18.1 Å². The van der Waals surface area contributed by atoms with Crippen LogP contribution in [0.5, 0.6) is 0 Å². The molecule has 0 heterocycles. The predicted molar refractivity (Wildman–Crippen MR) is 82.6 cm³/mol. The van der Waals surface area contributed by atoms with E-state index in [0.717, 1.165) is 23.6 Å². The van der Waals surface area contributed by atoms with Crippen LogP contribution in [0.4, 0.5) is 17.1 Å². The molecule has 1 rings (SSSR count). The van der Waals surface area contributed by atoms with Crippen molar-refractivity contribution in [3.63, 3.8) is 0 Å². The number of aliphatic hydroxyl groups is 2. The summed E-state index contributed by atoms with van der Waals surface area (Å²) in [5.74, 6) is 0. The van der Waals surface area contributed by atoms with Gasteiger partial charge in [0.25, 0.3) is 0 Å². The van der Waals surface area contributed by atoms with E-state index in [1.165, 1.54) is 7.11 Å². The Labute approximate surface area is 124 Å². The van der Waals surface area contributed by atoms with Crippen LogP contribution < -0.4 is 15.7 Å². The van der Waals surface area contributed by atoms with Crippen molar-refractivity contribution >= 4 is 28.7 Å². The van der Waals surface area contributed by atoms with Crippen molar-refractivity contribution in [3.05, 3.63) is 17.2 Å². The fourth-order valence-corrected chi connectivity index (χ4v) is 2.21. The Kier molecular flexibility index (Phi) is 7.46. The van der Waals surface area contributed by atoms with Crippen molar-refractivity contribution in [3.8, 4) is 0 Å². The molecule has 7 heteroatoms. The Hall–Kier alpha value is -1.21. The summed E-state index contributed by atoms with van der Waals surface area (Å²) in [7, 11) is 1.53. The average Bonchev–Trinajstić information content (AvgIpc) is 2.42. The number of anilines is 3. The summed E-state index contributed by atoms with van der Waals surface area (Å²) in [4.78, 5) is 6.76. The number of nitrogens with zero attached hydrogens (tertiary/aromatic N) is 1. The minimum Gasteiger partial charge on any atom is -0.395 e. The summed E-state index contributed by atoms with van der Waals surface area (Å²) in [6, 6.07) is 3.62. The molecule has 0 saturated carbocycles. The molecule has 1 aromatic rings. The van der Waals surface area contributed by atoms with Crippen molar-refractivity contribution in [2.75, 3.05) is 55.7 Å². The minimum absolute atomic E-state index is 0.00899. The molecular formula is C13H22ClN3O3. The molecule has 0 aromatic heterocycles. The first kappa shape index (κ1) is 16.8. The van der Waals surface area contributed by atoms with Crippen molar-refractivity contribution in [2.45, 2.75) is 6.92 Å². The van der Waals surface area contributed by atoms with Gasteiger partial charge in [-0.3, -0.25) is 10.3 Å². The third-order valence-corrected chi connectivity index (χ3v) is 3.05. The molecule has 0 bridgehead atoms. The second-order valence-electron chi connectivity index (χ2n) is 4.12. The lowest BCUT2D eigenvalue weighted by Crippen LogP contribution is -2.30. The van der Waals surface area contributed by atoms with E-state index in [9.17, 15) is 0 Å². The quantitative estimate of drug-likeness (QED) is 0.518. The van der Waals surface area contributed by atoms with Crippen molar-refractivity contribution in [1.82, 2.24) is 0 Å². The molecule has 1 aromatic carbocycles. The van der Waals surface area contributed by atoms with E-state index in [2.05, 4.69) is 10.8 Å². The van der Waals surface area contributed by atoms with Crippen LogP contribution in [0.25, 0.3) is 0 Å². The zero-order valence-corrected chi connectivity index (χ0v) is 12.6. The number of rotatable bonds is 9. The smallest absolute Gasteiger partial charge is 0.0852 e. The number of aliphatic hydroxyl groups excluding tert-OH is 2. The molecule has 4 N–H and O–H groups in total. The molecule has 0 radical (unpaired) electrons. The van der Waals surface area contributed by atoms with Gasteiger partial charge in [-0.25, -0.2) is 0 Å². The number of halogens is 1. The maximum Gasteiger partial charge on any atom is 0.0852 e. The highest BCUT2D eigenvalue weighted by Gasteiger charge is 2.14. The van der Waals surface area contributed by atoms with Gasteiger partial charge >= 0.3 is 0 Å². The Bertz CT molecular complexity index is 412. The molecular weight excluding hydrogens is 282 g/mol. The number of hydrogen-bond acceptors (Lipinski definition) is 6. The molecule has 114 valence electrons. The fraction of sp³-hybridized carbons (Fsp3) is 0.538. The monoisotopic (exact) mass is 303 g/mol. The molecule has 0 spiro atoms. The molecule has 0 saturated heterocycles. The topological polar surface area (TPSA) is 77.0 Å². The third kappa shape index (κ3) is 4.42. The highest BCUT2D eigenvalue weighted by molar-refractivity contribution is 6.33. The second-order valence-corrected chi connectivity index (χ2v) is 4.53. The maximum absolute atomic E-state index is 9.11. The van der Waals surface area contributed by atoms with Gasteiger partial charge < -0.3 is 20.4 Å². The summed E-state index contributed by atoms with van der Waals surface area (Å²) in [5.41, 5.74) is 5.10. The van der Waals surface area contributed by atoms with E-state index in [1.807, 2.05) is 17.9 Å². The van der Waals surface area contributed by atoms with E-state index >= 15 is 0 Å². The van der Waals surface area contributed by atoms with E-state index < -0.39 is 0 Å². The Morgan fingerprint density at radius 3 is 2.35 bits per heavy atom. The summed E-state index contributed by atoms with van der Waals surface area (Å²) < 4.78 is 0. The van der Waals surface area contributed by atoms with Crippen LogP contribution in [-0.2, 0) is 4.84 Å². The number of hydrogen-bond donors (Lipinski definition) is 4. The molecule has 0 fully saturated rings. The molecule has 0 aliphatic heterocycles. The van der Waals surface area contributed by atoms with Crippen molar-refractivity contribution in [2.24, 2.45) is 0 Å². The lowest BCUT2D eigenvalue weighted by Gasteiger charge is -2.26. The largest absolute Gasteiger partial charge is 0.395 e. The predicted octanol–water partition coefficient (Wildman–Crippen LogP) is 1.54. The Morgan fingerprint density at radius 2 is 1.85 bits per heavy atom. The third-order valence-electron chi connectivity index (χ3n) is 2.75. The van der Waals surface area contributed by atoms with Gasteiger partial charge in [0, 0.05) is 19.6 Å². The molecule has 0 amide bonds. The Morgan fingerprint density at radius 1 is 1.20 bits per heavy atom. The van der Waals surface area contributed by atoms with Crippen LogP contribution in [0.15, 0.2) is 12.1 Å². The molecule has 0 atom stereocenters. The average molecular weight is 304 g/mol. The molecule has 6 nitrogen and oxygen atoms in total. The lowest BCUT2D eigenvalue weighted by molar-refractivity contribution is 0.271. The maximum atomic E-state index is 9.11. The van der Waals surface area contributed by atoms with E-state index in [1.54, 1.807) is 6.07 Å². The standard InChI is InChI=1S/C13H22ClN3O3/c1-3-15-11-9-13(17(4-6-18)5-7-19)10(14)8-12(11)16-20-2/h8-9,15-16,18-19H,3-7H2,1-2H3. The molecule has 0 aliphatic carbocycles. The first-order chi connectivity index (χ1) is 9.67. The minimum atomic E-state index is -0.00899. The normalized spacial score (nSPS) is 10.4. The molecule has 0 aliphatic rings. The molecule has 0 unspecified atom stereocenters. The summed E-state index contributed by atoms with van der Waals surface area (Å²) in [5, 5.41) is 22.0. The van der Waals surface area contributed by atoms with Crippen LogP contribution in [0.1, 0.15) is 6.92 Å². The highest BCUT2D eigenvalue weighted by Crippen LogP contribution is 2.35. The second kappa shape index (κ2) is 8.86.